The Labute approximate surface area is 123 Å². The molecule has 2 heterocycles. The maximum atomic E-state index is 4.44. The Morgan fingerprint density at radius 2 is 2.05 bits per heavy atom. The zero-order chi connectivity index (χ0) is 14.7. The number of anilines is 2. The molecule has 0 unspecified atom stereocenters. The molecule has 3 rings (SSSR count). The molecule has 2 aromatic rings. The van der Waals surface area contributed by atoms with Gasteiger partial charge in [0.25, 0.3) is 5.95 Å². The summed E-state index contributed by atoms with van der Waals surface area (Å²) in [6.07, 6.45) is 7.55. The predicted molar refractivity (Wildman–Crippen MR) is 79.4 cm³/mol. The first-order valence-corrected chi connectivity index (χ1v) is 7.32. The van der Waals surface area contributed by atoms with Gasteiger partial charge < -0.3 is 10.6 Å². The van der Waals surface area contributed by atoms with Crippen LogP contribution in [0.1, 0.15) is 39.5 Å². The third kappa shape index (κ3) is 3.09. The summed E-state index contributed by atoms with van der Waals surface area (Å²) in [6, 6.07) is 0. The normalized spacial score (nSPS) is 16.3. The number of rotatable bonds is 6. The van der Waals surface area contributed by atoms with Crippen molar-refractivity contribution < 1.29 is 0 Å². The quantitative estimate of drug-likeness (QED) is 0.834. The van der Waals surface area contributed by atoms with E-state index in [1.54, 1.807) is 6.33 Å². The topological polar surface area (TPSA) is 93.4 Å². The average molecular weight is 288 g/mol. The molecule has 0 saturated heterocycles. The molecule has 21 heavy (non-hydrogen) atoms. The monoisotopic (exact) mass is 288 g/mol. The van der Waals surface area contributed by atoms with E-state index in [-0.39, 0.29) is 5.54 Å². The van der Waals surface area contributed by atoms with Crippen molar-refractivity contribution in [1.29, 1.82) is 0 Å². The minimum Gasteiger partial charge on any atom is -0.354 e. The molecule has 1 saturated carbocycles. The fourth-order valence-corrected chi connectivity index (χ4v) is 2.25. The summed E-state index contributed by atoms with van der Waals surface area (Å²) in [6.45, 7) is 5.10. The fraction of sp³-hybridized carbons (Fsp3) is 0.615. The van der Waals surface area contributed by atoms with E-state index in [9.17, 15) is 0 Å². The van der Waals surface area contributed by atoms with E-state index < -0.39 is 0 Å². The Balaban J connectivity index is 1.88. The van der Waals surface area contributed by atoms with Crippen molar-refractivity contribution in [1.82, 2.24) is 29.7 Å². The van der Waals surface area contributed by atoms with Crippen LogP contribution < -0.4 is 10.6 Å². The van der Waals surface area contributed by atoms with Crippen molar-refractivity contribution in [3.05, 3.63) is 12.7 Å². The van der Waals surface area contributed by atoms with Gasteiger partial charge in [0.2, 0.25) is 11.9 Å². The molecule has 1 aliphatic carbocycles. The summed E-state index contributed by atoms with van der Waals surface area (Å²) in [7, 11) is 0. The van der Waals surface area contributed by atoms with Gasteiger partial charge in [-0.25, -0.2) is 4.98 Å². The zero-order valence-corrected chi connectivity index (χ0v) is 12.4. The molecule has 0 aliphatic heterocycles. The second-order valence-corrected chi connectivity index (χ2v) is 5.59. The van der Waals surface area contributed by atoms with Crippen LogP contribution in [0.3, 0.4) is 0 Å². The second kappa shape index (κ2) is 5.63. The summed E-state index contributed by atoms with van der Waals surface area (Å²) < 4.78 is 1.53. The molecule has 2 N–H and O–H groups in total. The highest BCUT2D eigenvalue weighted by Gasteiger charge is 2.32. The van der Waals surface area contributed by atoms with Gasteiger partial charge in [-0.2, -0.15) is 24.7 Å². The number of hydrogen-bond donors (Lipinski definition) is 2. The highest BCUT2D eigenvalue weighted by molar-refractivity contribution is 5.40. The largest absolute Gasteiger partial charge is 0.354 e. The Morgan fingerprint density at radius 3 is 2.67 bits per heavy atom. The zero-order valence-electron chi connectivity index (χ0n) is 12.4. The van der Waals surface area contributed by atoms with Gasteiger partial charge in [0.15, 0.2) is 0 Å². The first-order valence-electron chi connectivity index (χ1n) is 7.32. The maximum Gasteiger partial charge on any atom is 0.258 e. The number of aromatic nitrogens is 6. The highest BCUT2D eigenvalue weighted by atomic mass is 15.4. The van der Waals surface area contributed by atoms with Crippen LogP contribution in [-0.2, 0) is 0 Å². The number of nitrogens with zero attached hydrogens (tertiary/aromatic N) is 6. The van der Waals surface area contributed by atoms with Gasteiger partial charge in [0, 0.05) is 12.1 Å². The number of nitrogens with one attached hydrogen (secondary N) is 2. The van der Waals surface area contributed by atoms with Crippen LogP contribution in [0, 0.1) is 0 Å². The lowest BCUT2D eigenvalue weighted by Gasteiger charge is -2.39. The van der Waals surface area contributed by atoms with Crippen LogP contribution in [0.25, 0.3) is 5.95 Å². The first-order chi connectivity index (χ1) is 10.2. The van der Waals surface area contributed by atoms with Crippen molar-refractivity contribution in [2.45, 2.75) is 45.1 Å². The van der Waals surface area contributed by atoms with Crippen LogP contribution in [-0.4, -0.2) is 41.8 Å². The second-order valence-electron chi connectivity index (χ2n) is 5.59. The van der Waals surface area contributed by atoms with Gasteiger partial charge >= 0.3 is 0 Å². The first kappa shape index (κ1) is 13.7. The fourth-order valence-electron chi connectivity index (χ4n) is 2.25. The summed E-state index contributed by atoms with van der Waals surface area (Å²) in [5.74, 6) is 1.60. The molecule has 0 spiro atoms. The lowest BCUT2D eigenvalue weighted by molar-refractivity contribution is 0.304. The third-order valence-electron chi connectivity index (χ3n) is 3.65. The Hall–Kier alpha value is -2.25. The van der Waals surface area contributed by atoms with E-state index in [4.69, 9.17) is 0 Å². The standard InChI is InChI=1S/C13H20N8/c1-3-7-15-10-17-11(20-13(2)5-4-6-13)19-12(18-10)21-9-14-8-16-21/h8-9H,3-7H2,1-2H3,(H2,15,17,18,19,20). The van der Waals surface area contributed by atoms with Crippen LogP contribution >= 0.6 is 0 Å². The van der Waals surface area contributed by atoms with Gasteiger partial charge in [-0.1, -0.05) is 6.92 Å². The lowest BCUT2D eigenvalue weighted by Crippen LogP contribution is -2.42. The van der Waals surface area contributed by atoms with E-state index >= 15 is 0 Å². The molecular formula is C13H20N8. The van der Waals surface area contributed by atoms with Crippen LogP contribution in [0.5, 0.6) is 0 Å². The molecule has 0 atom stereocenters. The van der Waals surface area contributed by atoms with Crippen LogP contribution in [0.4, 0.5) is 11.9 Å². The van der Waals surface area contributed by atoms with Gasteiger partial charge in [0.05, 0.1) is 0 Å². The smallest absolute Gasteiger partial charge is 0.258 e. The van der Waals surface area contributed by atoms with E-state index in [0.717, 1.165) is 25.8 Å². The van der Waals surface area contributed by atoms with Crippen LogP contribution in [0.2, 0.25) is 0 Å². The molecule has 1 fully saturated rings. The molecule has 0 radical (unpaired) electrons. The van der Waals surface area contributed by atoms with Crippen molar-refractivity contribution in [3.8, 4) is 5.95 Å². The molecular weight excluding hydrogens is 268 g/mol. The number of hydrogen-bond acceptors (Lipinski definition) is 7. The summed E-state index contributed by atoms with van der Waals surface area (Å²) in [5.41, 5.74) is 0.0863. The van der Waals surface area contributed by atoms with Gasteiger partial charge in [-0.05, 0) is 32.6 Å². The van der Waals surface area contributed by atoms with Crippen molar-refractivity contribution in [2.24, 2.45) is 0 Å². The molecule has 1 aliphatic rings. The summed E-state index contributed by atoms with van der Waals surface area (Å²) in [4.78, 5) is 17.2. The molecule has 0 amide bonds. The third-order valence-corrected chi connectivity index (χ3v) is 3.65. The van der Waals surface area contributed by atoms with E-state index in [1.807, 2.05) is 0 Å². The SMILES string of the molecule is CCCNc1nc(NC2(C)CCC2)nc(-n2cncn2)n1. The summed E-state index contributed by atoms with van der Waals surface area (Å²) >= 11 is 0. The average Bonchev–Trinajstić information content (AvgIpc) is 2.97. The molecule has 8 heteroatoms. The molecule has 2 aromatic heterocycles. The molecule has 0 bridgehead atoms. The lowest BCUT2D eigenvalue weighted by atomic mass is 9.79. The minimum absolute atomic E-state index is 0.0863. The molecule has 112 valence electrons. The van der Waals surface area contributed by atoms with Gasteiger partial charge in [0.1, 0.15) is 12.7 Å². The Morgan fingerprint density at radius 1 is 1.24 bits per heavy atom. The van der Waals surface area contributed by atoms with Gasteiger partial charge in [-0.15, -0.1) is 0 Å². The summed E-state index contributed by atoms with van der Waals surface area (Å²) in [5, 5.41) is 10.7. The molecule has 0 aromatic carbocycles. The molecule has 8 nitrogen and oxygen atoms in total. The van der Waals surface area contributed by atoms with Crippen molar-refractivity contribution in [3.63, 3.8) is 0 Å². The van der Waals surface area contributed by atoms with Crippen molar-refractivity contribution in [2.75, 3.05) is 17.2 Å². The highest BCUT2D eigenvalue weighted by Crippen LogP contribution is 2.33. The van der Waals surface area contributed by atoms with Crippen molar-refractivity contribution >= 4 is 11.9 Å². The van der Waals surface area contributed by atoms with E-state index in [0.29, 0.717) is 17.8 Å². The van der Waals surface area contributed by atoms with E-state index in [1.165, 1.54) is 17.4 Å². The van der Waals surface area contributed by atoms with Crippen LogP contribution in [0.15, 0.2) is 12.7 Å². The minimum atomic E-state index is 0.0863. The Kier molecular flexibility index (Phi) is 3.68. The van der Waals surface area contributed by atoms with Gasteiger partial charge in [-0.3, -0.25) is 0 Å². The maximum absolute atomic E-state index is 4.44. The van der Waals surface area contributed by atoms with E-state index in [2.05, 4.69) is 49.5 Å². The Bertz CT molecular complexity index is 590. The predicted octanol–water partition coefficient (Wildman–Crippen LogP) is 1.63.